The molecule has 3 rings (SSSR count). The topological polar surface area (TPSA) is 45.2 Å². The van der Waals surface area contributed by atoms with Crippen LogP contribution in [0.5, 0.6) is 0 Å². The molecule has 0 aliphatic rings. The minimum absolute atomic E-state index is 0.0365. The fraction of sp³-hybridized carbons (Fsp3) is 0.238. The molecule has 7 heteroatoms. The van der Waals surface area contributed by atoms with Gasteiger partial charge in [-0.2, -0.15) is 0 Å². The Morgan fingerprint density at radius 3 is 2.61 bits per heavy atom. The third-order valence-electron chi connectivity index (χ3n) is 4.60. The van der Waals surface area contributed by atoms with Gasteiger partial charge in [-0.05, 0) is 37.2 Å². The summed E-state index contributed by atoms with van der Waals surface area (Å²) >= 11 is 13.8. The van der Waals surface area contributed by atoms with Gasteiger partial charge in [0.05, 0.1) is 6.54 Å². The van der Waals surface area contributed by atoms with Crippen LogP contribution in [0.1, 0.15) is 35.1 Å². The molecule has 28 heavy (non-hydrogen) atoms. The van der Waals surface area contributed by atoms with Crippen LogP contribution >= 0.6 is 34.5 Å². The predicted molar refractivity (Wildman–Crippen MR) is 116 cm³/mol. The Morgan fingerprint density at radius 2 is 1.96 bits per heavy atom. The Balaban J connectivity index is 1.70. The Labute approximate surface area is 179 Å². The van der Waals surface area contributed by atoms with Crippen molar-refractivity contribution >= 4 is 40.4 Å². The largest absolute Gasteiger partial charge is 0.342 e. The minimum atomic E-state index is -0.267. The molecular formula is C21H21Cl2N3OS. The van der Waals surface area contributed by atoms with Crippen LogP contribution in [0.15, 0.2) is 60.1 Å². The van der Waals surface area contributed by atoms with E-state index in [0.717, 1.165) is 16.1 Å². The van der Waals surface area contributed by atoms with Gasteiger partial charge in [-0.1, -0.05) is 59.6 Å². The van der Waals surface area contributed by atoms with Crippen molar-refractivity contribution < 1.29 is 4.79 Å². The molecule has 3 aromatic rings. The lowest BCUT2D eigenvalue weighted by Gasteiger charge is -2.26. The molecule has 1 N–H and O–H groups in total. The zero-order chi connectivity index (χ0) is 20.1. The van der Waals surface area contributed by atoms with Gasteiger partial charge in [0, 0.05) is 27.7 Å². The van der Waals surface area contributed by atoms with Crippen LogP contribution < -0.4 is 5.32 Å². The SMILES string of the molecule is CC(c1ccc(Cl)cc1Cl)N(C)CC(=O)NC(c1ccccc1)c1nccs1. The van der Waals surface area contributed by atoms with Gasteiger partial charge < -0.3 is 5.32 Å². The molecule has 4 nitrogen and oxygen atoms in total. The normalized spacial score (nSPS) is 13.3. The quantitative estimate of drug-likeness (QED) is 0.546. The van der Waals surface area contributed by atoms with E-state index in [-0.39, 0.29) is 24.5 Å². The highest BCUT2D eigenvalue weighted by Gasteiger charge is 2.22. The minimum Gasteiger partial charge on any atom is -0.342 e. The summed E-state index contributed by atoms with van der Waals surface area (Å²) in [6, 6.07) is 15.0. The molecule has 1 heterocycles. The standard InChI is InChI=1S/C21H21Cl2N3OS/c1-14(17-9-8-16(22)12-18(17)23)26(2)13-19(27)25-20(21-24-10-11-28-21)15-6-4-3-5-7-15/h3-12,14,20H,13H2,1-2H3,(H,25,27). The zero-order valence-electron chi connectivity index (χ0n) is 15.6. The molecule has 1 amide bonds. The zero-order valence-corrected chi connectivity index (χ0v) is 17.9. The molecule has 146 valence electrons. The first-order valence-electron chi connectivity index (χ1n) is 8.84. The van der Waals surface area contributed by atoms with Crippen molar-refractivity contribution in [3.8, 4) is 0 Å². The number of halogens is 2. The lowest BCUT2D eigenvalue weighted by molar-refractivity contribution is -0.122. The fourth-order valence-electron chi connectivity index (χ4n) is 2.96. The van der Waals surface area contributed by atoms with Crippen LogP contribution in [0.4, 0.5) is 0 Å². The van der Waals surface area contributed by atoms with Gasteiger partial charge in [0.25, 0.3) is 0 Å². The molecule has 0 saturated carbocycles. The summed E-state index contributed by atoms with van der Waals surface area (Å²) in [6.07, 6.45) is 1.75. The van der Waals surface area contributed by atoms with Crippen molar-refractivity contribution in [2.75, 3.05) is 13.6 Å². The number of thiazole rings is 1. The molecule has 0 bridgehead atoms. The van der Waals surface area contributed by atoms with Crippen molar-refractivity contribution in [2.45, 2.75) is 19.0 Å². The van der Waals surface area contributed by atoms with E-state index in [4.69, 9.17) is 23.2 Å². The van der Waals surface area contributed by atoms with E-state index in [9.17, 15) is 4.79 Å². The molecule has 0 saturated heterocycles. The number of hydrogen-bond donors (Lipinski definition) is 1. The fourth-order valence-corrected chi connectivity index (χ4v) is 4.24. The number of carbonyl (C=O) groups is 1. The van der Waals surface area contributed by atoms with Crippen molar-refractivity contribution in [1.29, 1.82) is 0 Å². The number of hydrogen-bond acceptors (Lipinski definition) is 4. The van der Waals surface area contributed by atoms with Gasteiger partial charge >= 0.3 is 0 Å². The molecule has 1 aromatic heterocycles. The number of amides is 1. The summed E-state index contributed by atoms with van der Waals surface area (Å²) in [5, 5.41) is 7.07. The third-order valence-corrected chi connectivity index (χ3v) is 6.01. The second-order valence-corrected chi connectivity index (χ2v) is 8.31. The predicted octanol–water partition coefficient (Wildman–Crippen LogP) is 5.35. The van der Waals surface area contributed by atoms with Crippen LogP contribution in [-0.2, 0) is 4.79 Å². The number of nitrogens with one attached hydrogen (secondary N) is 1. The van der Waals surface area contributed by atoms with Gasteiger partial charge in [0.2, 0.25) is 5.91 Å². The Morgan fingerprint density at radius 1 is 1.21 bits per heavy atom. The Bertz CT molecular complexity index is 919. The van der Waals surface area contributed by atoms with Crippen LogP contribution in [0.3, 0.4) is 0 Å². The highest BCUT2D eigenvalue weighted by Crippen LogP contribution is 2.29. The first-order valence-corrected chi connectivity index (χ1v) is 10.5. The van der Waals surface area contributed by atoms with Gasteiger partial charge in [0.15, 0.2) is 0 Å². The van der Waals surface area contributed by atoms with E-state index in [2.05, 4.69) is 10.3 Å². The second kappa shape index (κ2) is 9.52. The van der Waals surface area contributed by atoms with Gasteiger partial charge in [-0.3, -0.25) is 9.69 Å². The first-order chi connectivity index (χ1) is 13.5. The summed E-state index contributed by atoms with van der Waals surface area (Å²) in [6.45, 7) is 2.24. The molecule has 2 unspecified atom stereocenters. The average molecular weight is 434 g/mol. The van der Waals surface area contributed by atoms with Crippen molar-refractivity contribution in [3.63, 3.8) is 0 Å². The highest BCUT2D eigenvalue weighted by atomic mass is 35.5. The number of nitrogens with zero attached hydrogens (tertiary/aromatic N) is 2. The van der Waals surface area contributed by atoms with Crippen molar-refractivity contribution in [1.82, 2.24) is 15.2 Å². The smallest absolute Gasteiger partial charge is 0.235 e. The summed E-state index contributed by atoms with van der Waals surface area (Å²) in [4.78, 5) is 19.1. The lowest BCUT2D eigenvalue weighted by atomic mass is 10.1. The average Bonchev–Trinajstić information content (AvgIpc) is 3.20. The number of rotatable bonds is 7. The van der Waals surface area contributed by atoms with Crippen LogP contribution in [0.25, 0.3) is 0 Å². The number of benzene rings is 2. The maximum absolute atomic E-state index is 12.8. The molecule has 2 aromatic carbocycles. The second-order valence-electron chi connectivity index (χ2n) is 6.54. The van der Waals surface area contributed by atoms with Crippen LogP contribution in [-0.4, -0.2) is 29.4 Å². The lowest BCUT2D eigenvalue weighted by Crippen LogP contribution is -2.38. The van der Waals surface area contributed by atoms with E-state index < -0.39 is 0 Å². The summed E-state index contributed by atoms with van der Waals surface area (Å²) < 4.78 is 0. The van der Waals surface area contributed by atoms with Crippen LogP contribution in [0.2, 0.25) is 10.0 Å². The molecule has 0 aliphatic heterocycles. The maximum Gasteiger partial charge on any atom is 0.235 e. The highest BCUT2D eigenvalue weighted by molar-refractivity contribution is 7.09. The van der Waals surface area contributed by atoms with Gasteiger partial charge in [0.1, 0.15) is 11.0 Å². The molecule has 0 radical (unpaired) electrons. The number of likely N-dealkylation sites (N-methyl/N-ethyl adjacent to an activating group) is 1. The monoisotopic (exact) mass is 433 g/mol. The van der Waals surface area contributed by atoms with Crippen LogP contribution in [0, 0.1) is 0 Å². The van der Waals surface area contributed by atoms with Gasteiger partial charge in [-0.15, -0.1) is 11.3 Å². The Hall–Kier alpha value is -1.92. The summed E-state index contributed by atoms with van der Waals surface area (Å²) in [7, 11) is 1.90. The summed E-state index contributed by atoms with van der Waals surface area (Å²) in [5.74, 6) is -0.0801. The molecule has 0 spiro atoms. The molecule has 0 aliphatic carbocycles. The first kappa shape index (κ1) is 20.8. The maximum atomic E-state index is 12.8. The van der Waals surface area contributed by atoms with Crippen molar-refractivity contribution in [3.05, 3.63) is 86.3 Å². The number of carbonyl (C=O) groups excluding carboxylic acids is 1. The van der Waals surface area contributed by atoms with E-state index >= 15 is 0 Å². The molecule has 0 fully saturated rings. The van der Waals surface area contributed by atoms with E-state index in [1.807, 2.05) is 60.6 Å². The van der Waals surface area contributed by atoms with E-state index in [1.54, 1.807) is 18.3 Å². The third kappa shape index (κ3) is 5.11. The Kier molecular flexibility index (Phi) is 7.08. The van der Waals surface area contributed by atoms with E-state index in [0.29, 0.717) is 10.0 Å². The molecular weight excluding hydrogens is 413 g/mol. The molecule has 2 atom stereocenters. The summed E-state index contributed by atoms with van der Waals surface area (Å²) in [5.41, 5.74) is 1.93. The van der Waals surface area contributed by atoms with Gasteiger partial charge in [-0.25, -0.2) is 4.98 Å². The van der Waals surface area contributed by atoms with Crippen molar-refractivity contribution in [2.24, 2.45) is 0 Å². The van der Waals surface area contributed by atoms with E-state index in [1.165, 1.54) is 11.3 Å². The number of aromatic nitrogens is 1.